The Morgan fingerprint density at radius 3 is 2.52 bits per heavy atom. The summed E-state index contributed by atoms with van der Waals surface area (Å²) in [5.41, 5.74) is 2.70. The van der Waals surface area contributed by atoms with Gasteiger partial charge in [-0.3, -0.25) is 9.59 Å². The van der Waals surface area contributed by atoms with E-state index < -0.39 is 11.8 Å². The Kier molecular flexibility index (Phi) is 4.35. The van der Waals surface area contributed by atoms with Gasteiger partial charge in [-0.05, 0) is 36.2 Å². The molecular weight excluding hydrogens is 312 g/mol. The molecule has 0 saturated carbocycles. The number of aryl methyl sites for hydroxylation is 1. The molecule has 5 heteroatoms. The Morgan fingerprint density at radius 1 is 1.00 bits per heavy atom. The monoisotopic (exact) mass is 328 g/mol. The number of benzene rings is 2. The van der Waals surface area contributed by atoms with E-state index in [-0.39, 0.29) is 0 Å². The van der Waals surface area contributed by atoms with Gasteiger partial charge in [0.05, 0.1) is 0 Å². The first-order valence-electron chi connectivity index (χ1n) is 7.47. The van der Waals surface area contributed by atoms with Crippen LogP contribution in [0.25, 0.3) is 0 Å². The van der Waals surface area contributed by atoms with Gasteiger partial charge in [0.1, 0.15) is 0 Å². The van der Waals surface area contributed by atoms with Crippen molar-refractivity contribution in [2.24, 2.45) is 0 Å². The highest BCUT2D eigenvalue weighted by atomic mass is 35.5. The van der Waals surface area contributed by atoms with Crippen molar-refractivity contribution in [3.8, 4) is 0 Å². The number of anilines is 1. The minimum atomic E-state index is -0.479. The number of carbonyl (C=O) groups excluding carboxylic acids is 2. The van der Waals surface area contributed by atoms with Gasteiger partial charge in [0.2, 0.25) is 0 Å². The lowest BCUT2D eigenvalue weighted by Gasteiger charge is -2.34. The zero-order chi connectivity index (χ0) is 16.4. The average molecular weight is 329 g/mol. The summed E-state index contributed by atoms with van der Waals surface area (Å²) in [7, 11) is 0. The molecule has 0 unspecified atom stereocenters. The first-order chi connectivity index (χ1) is 11.1. The molecule has 118 valence electrons. The van der Waals surface area contributed by atoms with E-state index >= 15 is 0 Å². The Bertz CT molecular complexity index is 760. The molecule has 4 nitrogen and oxygen atoms in total. The fourth-order valence-electron chi connectivity index (χ4n) is 2.78. The maximum atomic E-state index is 12.5. The van der Waals surface area contributed by atoms with Gasteiger partial charge in [0.15, 0.2) is 0 Å². The van der Waals surface area contributed by atoms with E-state index in [1.807, 2.05) is 49.4 Å². The van der Waals surface area contributed by atoms with Crippen LogP contribution in [0.1, 0.15) is 11.1 Å². The van der Waals surface area contributed by atoms with Crippen LogP contribution in [0.2, 0.25) is 5.02 Å². The van der Waals surface area contributed by atoms with E-state index in [0.29, 0.717) is 24.7 Å². The quantitative estimate of drug-likeness (QED) is 0.813. The predicted molar refractivity (Wildman–Crippen MR) is 90.4 cm³/mol. The second-order valence-electron chi connectivity index (χ2n) is 5.60. The average Bonchev–Trinajstić information content (AvgIpc) is 2.53. The van der Waals surface area contributed by atoms with Gasteiger partial charge >= 0.3 is 11.8 Å². The van der Waals surface area contributed by atoms with E-state index in [4.69, 9.17) is 11.6 Å². The van der Waals surface area contributed by atoms with Gasteiger partial charge in [0, 0.05) is 30.3 Å². The summed E-state index contributed by atoms with van der Waals surface area (Å²) >= 11 is 5.97. The fraction of sp³-hybridized carbons (Fsp3) is 0.222. The van der Waals surface area contributed by atoms with Crippen molar-refractivity contribution in [3.05, 3.63) is 64.7 Å². The highest BCUT2D eigenvalue weighted by Crippen LogP contribution is 2.23. The minimum Gasteiger partial charge on any atom is -0.328 e. The van der Waals surface area contributed by atoms with Crippen LogP contribution in [0.5, 0.6) is 0 Å². The third-order valence-electron chi connectivity index (χ3n) is 3.98. The number of hydrogen-bond donors (Lipinski definition) is 0. The summed E-state index contributed by atoms with van der Waals surface area (Å²) in [6, 6.07) is 14.9. The second-order valence-corrected chi connectivity index (χ2v) is 6.04. The summed E-state index contributed by atoms with van der Waals surface area (Å²) in [6.07, 6.45) is 0. The van der Waals surface area contributed by atoms with E-state index in [9.17, 15) is 9.59 Å². The van der Waals surface area contributed by atoms with Crippen molar-refractivity contribution >= 4 is 29.1 Å². The third-order valence-corrected chi connectivity index (χ3v) is 4.21. The molecule has 2 aromatic rings. The van der Waals surface area contributed by atoms with E-state index in [1.54, 1.807) is 15.9 Å². The van der Waals surface area contributed by atoms with Gasteiger partial charge < -0.3 is 9.80 Å². The largest absolute Gasteiger partial charge is 0.328 e. The van der Waals surface area contributed by atoms with Crippen LogP contribution >= 0.6 is 11.6 Å². The van der Waals surface area contributed by atoms with Crippen molar-refractivity contribution < 1.29 is 9.59 Å². The maximum Gasteiger partial charge on any atom is 0.316 e. The molecule has 0 aliphatic carbocycles. The van der Waals surface area contributed by atoms with E-state index in [0.717, 1.165) is 16.8 Å². The summed E-state index contributed by atoms with van der Waals surface area (Å²) in [5.74, 6) is -0.952. The highest BCUT2D eigenvalue weighted by molar-refractivity contribution is 6.41. The predicted octanol–water partition coefficient (Wildman–Crippen LogP) is 3.02. The molecule has 23 heavy (non-hydrogen) atoms. The second kappa shape index (κ2) is 6.42. The smallest absolute Gasteiger partial charge is 0.316 e. The lowest BCUT2D eigenvalue weighted by molar-refractivity contribution is -0.146. The van der Waals surface area contributed by atoms with E-state index in [1.165, 1.54) is 0 Å². The molecule has 0 N–H and O–H groups in total. The minimum absolute atomic E-state index is 0.396. The number of para-hydroxylation sites is 1. The number of carbonyl (C=O) groups is 2. The van der Waals surface area contributed by atoms with E-state index in [2.05, 4.69) is 0 Å². The van der Waals surface area contributed by atoms with Crippen LogP contribution < -0.4 is 4.90 Å². The summed E-state index contributed by atoms with van der Waals surface area (Å²) in [6.45, 7) is 3.33. The Morgan fingerprint density at radius 2 is 1.78 bits per heavy atom. The van der Waals surface area contributed by atoms with Gasteiger partial charge in [-0.2, -0.15) is 0 Å². The first kappa shape index (κ1) is 15.6. The molecule has 2 aromatic carbocycles. The van der Waals surface area contributed by atoms with Crippen LogP contribution in [0.4, 0.5) is 5.69 Å². The van der Waals surface area contributed by atoms with Crippen molar-refractivity contribution in [1.82, 2.24) is 4.90 Å². The van der Waals surface area contributed by atoms with Crippen LogP contribution in [0, 0.1) is 6.92 Å². The van der Waals surface area contributed by atoms with Crippen LogP contribution in [-0.4, -0.2) is 29.8 Å². The van der Waals surface area contributed by atoms with Crippen molar-refractivity contribution in [2.45, 2.75) is 13.5 Å². The molecular formula is C18H17ClN2O2. The number of hydrogen-bond acceptors (Lipinski definition) is 2. The van der Waals surface area contributed by atoms with Gasteiger partial charge in [-0.15, -0.1) is 0 Å². The molecule has 1 aliphatic heterocycles. The molecule has 0 spiro atoms. The van der Waals surface area contributed by atoms with Crippen LogP contribution in [0.3, 0.4) is 0 Å². The standard InChI is InChI=1S/C18H17ClN2O2/c1-13-5-2-3-8-16(13)21-10-9-20(17(22)18(21)23)12-14-6-4-7-15(19)11-14/h2-8,11H,9-10,12H2,1H3. The number of amides is 2. The molecule has 0 radical (unpaired) electrons. The van der Waals surface area contributed by atoms with Crippen LogP contribution in [-0.2, 0) is 16.1 Å². The molecule has 1 fully saturated rings. The Labute approximate surface area is 140 Å². The van der Waals surface area contributed by atoms with Gasteiger partial charge in [-0.1, -0.05) is 41.9 Å². The molecule has 0 aromatic heterocycles. The normalized spacial score (nSPS) is 15.2. The van der Waals surface area contributed by atoms with Crippen molar-refractivity contribution in [3.63, 3.8) is 0 Å². The molecule has 2 amide bonds. The Balaban J connectivity index is 1.77. The molecule has 0 bridgehead atoms. The van der Waals surface area contributed by atoms with Gasteiger partial charge in [-0.25, -0.2) is 0 Å². The highest BCUT2D eigenvalue weighted by Gasteiger charge is 2.33. The zero-order valence-corrected chi connectivity index (χ0v) is 13.6. The van der Waals surface area contributed by atoms with Crippen molar-refractivity contribution in [1.29, 1.82) is 0 Å². The number of nitrogens with zero attached hydrogens (tertiary/aromatic N) is 2. The molecule has 1 saturated heterocycles. The third kappa shape index (κ3) is 3.22. The number of piperazine rings is 1. The number of halogens is 1. The molecule has 1 heterocycles. The van der Waals surface area contributed by atoms with Crippen molar-refractivity contribution in [2.75, 3.05) is 18.0 Å². The van der Waals surface area contributed by atoms with Crippen LogP contribution in [0.15, 0.2) is 48.5 Å². The summed E-state index contributed by atoms with van der Waals surface area (Å²) < 4.78 is 0. The number of rotatable bonds is 3. The molecule has 3 rings (SSSR count). The zero-order valence-electron chi connectivity index (χ0n) is 12.8. The SMILES string of the molecule is Cc1ccccc1N1CCN(Cc2cccc(Cl)c2)C(=O)C1=O. The molecule has 0 atom stereocenters. The Hall–Kier alpha value is -2.33. The first-order valence-corrected chi connectivity index (χ1v) is 7.85. The molecule has 1 aliphatic rings. The summed E-state index contributed by atoms with van der Waals surface area (Å²) in [4.78, 5) is 28.0. The lowest BCUT2D eigenvalue weighted by atomic mass is 10.1. The lowest BCUT2D eigenvalue weighted by Crippen LogP contribution is -2.54. The summed E-state index contributed by atoms with van der Waals surface area (Å²) in [5, 5.41) is 0.625. The topological polar surface area (TPSA) is 40.6 Å². The fourth-order valence-corrected chi connectivity index (χ4v) is 2.99. The maximum absolute atomic E-state index is 12.5. The van der Waals surface area contributed by atoms with Gasteiger partial charge in [0.25, 0.3) is 0 Å².